The van der Waals surface area contributed by atoms with Crippen molar-refractivity contribution in [3.05, 3.63) is 53.6 Å². The standard InChI is InChI=1S/C23H27N3O3/c1-3-25-12-10-23(11-13-25)26-20(18-8-5-9-21(28-2)22(18)29-23)15-19(24-26)16-6-4-7-17(27)14-16/h4-9,14,20,27H,3,10-13,15H2,1-2H3/t20-/m0/s1. The lowest BCUT2D eigenvalue weighted by atomic mass is 9.90. The summed E-state index contributed by atoms with van der Waals surface area (Å²) < 4.78 is 12.4. The summed E-state index contributed by atoms with van der Waals surface area (Å²) in [7, 11) is 1.70. The van der Waals surface area contributed by atoms with Crippen LogP contribution in [0.25, 0.3) is 0 Å². The van der Waals surface area contributed by atoms with E-state index in [4.69, 9.17) is 14.6 Å². The number of rotatable bonds is 3. The quantitative estimate of drug-likeness (QED) is 0.861. The SMILES string of the molecule is CCN1CCC2(CC1)Oc1c(OC)cccc1[C@@H]1CC(c3cccc(O)c3)=NN12. The Bertz CT molecular complexity index is 950. The number of para-hydroxylation sites is 1. The molecule has 3 heterocycles. The van der Waals surface area contributed by atoms with Crippen molar-refractivity contribution in [2.75, 3.05) is 26.7 Å². The summed E-state index contributed by atoms with van der Waals surface area (Å²) in [5.74, 6) is 1.90. The number of hydrogen-bond donors (Lipinski definition) is 1. The van der Waals surface area contributed by atoms with E-state index in [0.717, 1.165) is 67.2 Å². The van der Waals surface area contributed by atoms with Gasteiger partial charge in [0.1, 0.15) is 5.75 Å². The molecule has 0 aromatic heterocycles. The number of phenolic OH excluding ortho intramolecular Hbond substituents is 1. The molecule has 1 fully saturated rings. The molecule has 2 aromatic carbocycles. The molecule has 1 atom stereocenters. The van der Waals surface area contributed by atoms with Crippen LogP contribution in [0.4, 0.5) is 0 Å². The molecule has 0 saturated carbocycles. The van der Waals surface area contributed by atoms with E-state index in [1.165, 1.54) is 0 Å². The second kappa shape index (κ2) is 6.95. The van der Waals surface area contributed by atoms with Gasteiger partial charge in [-0.1, -0.05) is 31.2 Å². The van der Waals surface area contributed by atoms with Crippen LogP contribution in [0.2, 0.25) is 0 Å². The Kier molecular flexibility index (Phi) is 4.39. The molecule has 29 heavy (non-hydrogen) atoms. The minimum absolute atomic E-state index is 0.111. The molecule has 152 valence electrons. The first kappa shape index (κ1) is 18.3. The molecule has 0 bridgehead atoms. The number of phenols is 1. The van der Waals surface area contributed by atoms with E-state index >= 15 is 0 Å². The van der Waals surface area contributed by atoms with E-state index in [-0.39, 0.29) is 11.8 Å². The number of methoxy groups -OCH3 is 1. The summed E-state index contributed by atoms with van der Waals surface area (Å²) in [5, 5.41) is 17.2. The Hall–Kier alpha value is -2.73. The Morgan fingerprint density at radius 3 is 2.72 bits per heavy atom. The van der Waals surface area contributed by atoms with Gasteiger partial charge in [-0.2, -0.15) is 5.10 Å². The average molecular weight is 393 g/mol. The Morgan fingerprint density at radius 1 is 1.21 bits per heavy atom. The smallest absolute Gasteiger partial charge is 0.200 e. The second-order valence-corrected chi connectivity index (χ2v) is 8.02. The Balaban J connectivity index is 1.59. The number of piperidine rings is 1. The number of benzene rings is 2. The summed E-state index contributed by atoms with van der Waals surface area (Å²) in [6, 6.07) is 13.6. The van der Waals surface area contributed by atoms with E-state index in [9.17, 15) is 5.11 Å². The number of nitrogens with zero attached hydrogens (tertiary/aromatic N) is 3. The van der Waals surface area contributed by atoms with Crippen molar-refractivity contribution in [2.24, 2.45) is 5.10 Å². The molecule has 0 unspecified atom stereocenters. The number of likely N-dealkylation sites (tertiary alicyclic amines) is 1. The highest BCUT2D eigenvalue weighted by molar-refractivity contribution is 6.02. The predicted octanol–water partition coefficient (Wildman–Crippen LogP) is 3.76. The van der Waals surface area contributed by atoms with Gasteiger partial charge in [0, 0.05) is 43.5 Å². The highest BCUT2D eigenvalue weighted by Crippen LogP contribution is 2.52. The highest BCUT2D eigenvalue weighted by Gasteiger charge is 2.52. The zero-order valence-electron chi connectivity index (χ0n) is 17.0. The monoisotopic (exact) mass is 393 g/mol. The van der Waals surface area contributed by atoms with Crippen molar-refractivity contribution in [3.63, 3.8) is 0 Å². The Morgan fingerprint density at radius 2 is 2.00 bits per heavy atom. The van der Waals surface area contributed by atoms with Gasteiger partial charge in [-0.3, -0.25) is 0 Å². The van der Waals surface area contributed by atoms with Gasteiger partial charge in [0.05, 0.1) is 18.9 Å². The van der Waals surface area contributed by atoms with Gasteiger partial charge < -0.3 is 19.5 Å². The van der Waals surface area contributed by atoms with Gasteiger partial charge in [-0.15, -0.1) is 0 Å². The van der Waals surface area contributed by atoms with Crippen molar-refractivity contribution in [2.45, 2.75) is 38.0 Å². The van der Waals surface area contributed by atoms with Crippen LogP contribution in [0.5, 0.6) is 17.2 Å². The number of ether oxygens (including phenoxy) is 2. The number of hydrazone groups is 1. The van der Waals surface area contributed by atoms with Crippen LogP contribution in [-0.2, 0) is 0 Å². The van der Waals surface area contributed by atoms with Crippen LogP contribution in [0.15, 0.2) is 47.6 Å². The van der Waals surface area contributed by atoms with E-state index in [0.29, 0.717) is 0 Å². The first-order valence-electron chi connectivity index (χ1n) is 10.4. The Labute approximate surface area is 171 Å². The van der Waals surface area contributed by atoms with Crippen LogP contribution in [-0.4, -0.2) is 53.2 Å². The number of hydrogen-bond acceptors (Lipinski definition) is 6. The lowest BCUT2D eigenvalue weighted by Crippen LogP contribution is -2.59. The van der Waals surface area contributed by atoms with Gasteiger partial charge >= 0.3 is 0 Å². The van der Waals surface area contributed by atoms with Gasteiger partial charge in [-0.25, -0.2) is 5.01 Å². The van der Waals surface area contributed by atoms with E-state index in [2.05, 4.69) is 22.9 Å². The van der Waals surface area contributed by atoms with Gasteiger partial charge in [-0.05, 0) is 24.7 Å². The second-order valence-electron chi connectivity index (χ2n) is 8.02. The van der Waals surface area contributed by atoms with Crippen LogP contribution in [0, 0.1) is 0 Å². The molecule has 6 nitrogen and oxygen atoms in total. The molecule has 5 rings (SSSR count). The molecule has 1 N–H and O–H groups in total. The predicted molar refractivity (Wildman–Crippen MR) is 112 cm³/mol. The van der Waals surface area contributed by atoms with Crippen molar-refractivity contribution in [1.29, 1.82) is 0 Å². The largest absolute Gasteiger partial charge is 0.508 e. The first-order valence-corrected chi connectivity index (χ1v) is 10.4. The fraction of sp³-hybridized carbons (Fsp3) is 0.435. The zero-order valence-corrected chi connectivity index (χ0v) is 17.0. The fourth-order valence-corrected chi connectivity index (χ4v) is 4.84. The number of aromatic hydroxyl groups is 1. The summed E-state index contributed by atoms with van der Waals surface area (Å²) in [6.45, 7) is 5.23. The molecule has 1 spiro atoms. The van der Waals surface area contributed by atoms with Crippen molar-refractivity contribution >= 4 is 5.71 Å². The van der Waals surface area contributed by atoms with E-state index < -0.39 is 5.72 Å². The molecule has 0 aliphatic carbocycles. The van der Waals surface area contributed by atoms with E-state index in [1.807, 2.05) is 24.3 Å². The molecule has 0 radical (unpaired) electrons. The molecular weight excluding hydrogens is 366 g/mol. The molecule has 1 saturated heterocycles. The summed E-state index contributed by atoms with van der Waals surface area (Å²) in [6.07, 6.45) is 2.57. The lowest BCUT2D eigenvalue weighted by molar-refractivity contribution is -0.150. The molecule has 0 amide bonds. The lowest BCUT2D eigenvalue weighted by Gasteiger charge is -2.51. The summed E-state index contributed by atoms with van der Waals surface area (Å²) in [5.41, 5.74) is 2.61. The fourth-order valence-electron chi connectivity index (χ4n) is 4.84. The first-order chi connectivity index (χ1) is 14.1. The normalized spacial score (nSPS) is 22.6. The van der Waals surface area contributed by atoms with Crippen LogP contribution in [0.1, 0.15) is 43.4 Å². The van der Waals surface area contributed by atoms with Crippen molar-refractivity contribution in [1.82, 2.24) is 9.91 Å². The van der Waals surface area contributed by atoms with Crippen LogP contribution >= 0.6 is 0 Å². The third-order valence-electron chi connectivity index (χ3n) is 6.47. The average Bonchev–Trinajstić information content (AvgIpc) is 3.21. The highest BCUT2D eigenvalue weighted by atomic mass is 16.5. The maximum atomic E-state index is 9.94. The van der Waals surface area contributed by atoms with Gasteiger partial charge in [0.25, 0.3) is 0 Å². The maximum Gasteiger partial charge on any atom is 0.200 e. The minimum Gasteiger partial charge on any atom is -0.508 e. The topological polar surface area (TPSA) is 57.5 Å². The van der Waals surface area contributed by atoms with Gasteiger partial charge in [0.2, 0.25) is 5.72 Å². The molecule has 6 heteroatoms. The molecular formula is C23H27N3O3. The van der Waals surface area contributed by atoms with Crippen LogP contribution in [0.3, 0.4) is 0 Å². The third-order valence-corrected chi connectivity index (χ3v) is 6.47. The minimum atomic E-state index is -0.462. The van der Waals surface area contributed by atoms with E-state index in [1.54, 1.807) is 19.2 Å². The van der Waals surface area contributed by atoms with Crippen LogP contribution < -0.4 is 9.47 Å². The summed E-state index contributed by atoms with van der Waals surface area (Å²) in [4.78, 5) is 2.46. The van der Waals surface area contributed by atoms with Crippen molar-refractivity contribution < 1.29 is 14.6 Å². The number of fused-ring (bicyclic) bond motifs is 4. The zero-order chi connectivity index (χ0) is 20.0. The third kappa shape index (κ3) is 2.94. The summed E-state index contributed by atoms with van der Waals surface area (Å²) >= 11 is 0. The molecule has 2 aromatic rings. The molecule has 3 aliphatic rings. The van der Waals surface area contributed by atoms with Gasteiger partial charge in [0.15, 0.2) is 11.5 Å². The molecule has 3 aliphatic heterocycles. The maximum absolute atomic E-state index is 9.94. The van der Waals surface area contributed by atoms with Crippen molar-refractivity contribution in [3.8, 4) is 17.2 Å².